The lowest BCUT2D eigenvalue weighted by atomic mass is 10.2. The van der Waals surface area contributed by atoms with Gasteiger partial charge in [0.2, 0.25) is 0 Å². The molecule has 5 heteroatoms. The Morgan fingerprint density at radius 1 is 1.00 bits per heavy atom. The molecule has 0 bridgehead atoms. The van der Waals surface area contributed by atoms with Crippen molar-refractivity contribution in [2.45, 2.75) is 0 Å². The summed E-state index contributed by atoms with van der Waals surface area (Å²) in [6.07, 6.45) is 0. The van der Waals surface area contributed by atoms with E-state index in [-0.39, 0.29) is 5.91 Å². The zero-order chi connectivity index (χ0) is 15.5. The highest BCUT2D eigenvalue weighted by Gasteiger charge is 2.11. The summed E-state index contributed by atoms with van der Waals surface area (Å²) in [6.45, 7) is 0. The van der Waals surface area contributed by atoms with Gasteiger partial charge >= 0.3 is 0 Å². The summed E-state index contributed by atoms with van der Waals surface area (Å²) in [7, 11) is 3.15. The average molecular weight is 313 g/mol. The third-order valence-electron chi connectivity index (χ3n) is 3.26. The molecule has 0 unspecified atom stereocenters. The number of benzene rings is 2. The van der Waals surface area contributed by atoms with Crippen LogP contribution in [0.2, 0.25) is 0 Å². The van der Waals surface area contributed by atoms with Crippen molar-refractivity contribution < 1.29 is 14.3 Å². The van der Waals surface area contributed by atoms with Gasteiger partial charge in [-0.3, -0.25) is 4.79 Å². The fourth-order valence-corrected chi connectivity index (χ4v) is 3.12. The van der Waals surface area contributed by atoms with E-state index in [4.69, 9.17) is 9.47 Å². The van der Waals surface area contributed by atoms with Crippen molar-refractivity contribution in [2.24, 2.45) is 0 Å². The molecule has 0 saturated heterocycles. The van der Waals surface area contributed by atoms with Gasteiger partial charge in [-0.2, -0.15) is 0 Å². The molecule has 112 valence electrons. The van der Waals surface area contributed by atoms with Crippen LogP contribution in [-0.4, -0.2) is 20.1 Å². The van der Waals surface area contributed by atoms with Crippen LogP contribution in [0.5, 0.6) is 11.5 Å². The Hall–Kier alpha value is -2.53. The number of methoxy groups -OCH3 is 2. The number of nitrogens with one attached hydrogen (secondary N) is 1. The van der Waals surface area contributed by atoms with Gasteiger partial charge in [0, 0.05) is 28.6 Å². The summed E-state index contributed by atoms with van der Waals surface area (Å²) < 4.78 is 11.5. The summed E-state index contributed by atoms with van der Waals surface area (Å²) >= 11 is 1.47. The van der Waals surface area contributed by atoms with E-state index in [0.29, 0.717) is 22.1 Å². The van der Waals surface area contributed by atoms with Crippen LogP contribution in [0.3, 0.4) is 0 Å². The largest absolute Gasteiger partial charge is 0.497 e. The highest BCUT2D eigenvalue weighted by atomic mass is 32.1. The molecule has 1 heterocycles. The Labute approximate surface area is 132 Å². The van der Waals surface area contributed by atoms with Crippen molar-refractivity contribution in [1.82, 2.24) is 0 Å². The lowest BCUT2D eigenvalue weighted by Gasteiger charge is -2.09. The van der Waals surface area contributed by atoms with Gasteiger partial charge in [0.15, 0.2) is 0 Å². The third kappa shape index (κ3) is 2.89. The predicted octanol–water partition coefficient (Wildman–Crippen LogP) is 4.17. The fraction of sp³-hybridized carbons (Fsp3) is 0.118. The third-order valence-corrected chi connectivity index (χ3v) is 4.37. The van der Waals surface area contributed by atoms with Crippen LogP contribution in [0.1, 0.15) is 9.67 Å². The van der Waals surface area contributed by atoms with Gasteiger partial charge in [-0.25, -0.2) is 0 Å². The normalized spacial score (nSPS) is 10.5. The zero-order valence-corrected chi connectivity index (χ0v) is 13.1. The molecule has 0 fully saturated rings. The Morgan fingerprint density at radius 3 is 2.32 bits per heavy atom. The Kier molecular flexibility index (Phi) is 3.98. The van der Waals surface area contributed by atoms with E-state index in [0.717, 1.165) is 10.1 Å². The number of ether oxygens (including phenoxy) is 2. The minimum Gasteiger partial charge on any atom is -0.497 e. The van der Waals surface area contributed by atoms with Crippen molar-refractivity contribution in [3.05, 3.63) is 53.4 Å². The number of carbonyl (C=O) groups excluding carboxylic acids is 1. The lowest BCUT2D eigenvalue weighted by molar-refractivity contribution is 0.103. The van der Waals surface area contributed by atoms with Gasteiger partial charge < -0.3 is 14.8 Å². The van der Waals surface area contributed by atoms with Crippen LogP contribution in [0.4, 0.5) is 5.69 Å². The number of hydrogen-bond acceptors (Lipinski definition) is 4. The minimum absolute atomic E-state index is 0.142. The SMILES string of the molecule is COc1cc(NC(=O)c2cc3ccccc3s2)cc(OC)c1. The first-order valence-corrected chi connectivity index (χ1v) is 7.54. The second-order valence-corrected chi connectivity index (χ2v) is 5.79. The van der Waals surface area contributed by atoms with E-state index in [1.165, 1.54) is 11.3 Å². The molecule has 1 aromatic heterocycles. The Balaban J connectivity index is 1.87. The van der Waals surface area contributed by atoms with Crippen molar-refractivity contribution >= 4 is 33.0 Å². The van der Waals surface area contributed by atoms with E-state index in [1.807, 2.05) is 30.3 Å². The first-order valence-electron chi connectivity index (χ1n) is 6.72. The number of rotatable bonds is 4. The molecule has 0 atom stereocenters. The highest BCUT2D eigenvalue weighted by molar-refractivity contribution is 7.20. The topological polar surface area (TPSA) is 47.6 Å². The van der Waals surface area contributed by atoms with E-state index in [2.05, 4.69) is 5.32 Å². The van der Waals surface area contributed by atoms with Gasteiger partial charge in [0.25, 0.3) is 5.91 Å². The molecule has 2 aromatic carbocycles. The van der Waals surface area contributed by atoms with E-state index in [9.17, 15) is 4.79 Å². The first-order chi connectivity index (χ1) is 10.7. The number of carbonyl (C=O) groups is 1. The van der Waals surface area contributed by atoms with Gasteiger partial charge in [-0.1, -0.05) is 18.2 Å². The Morgan fingerprint density at radius 2 is 1.68 bits per heavy atom. The van der Waals surface area contributed by atoms with Crippen LogP contribution in [0, 0.1) is 0 Å². The van der Waals surface area contributed by atoms with Crippen LogP contribution in [-0.2, 0) is 0 Å². The standard InChI is InChI=1S/C17H15NO3S/c1-20-13-8-12(9-14(10-13)21-2)18-17(19)16-7-11-5-3-4-6-15(11)22-16/h3-10H,1-2H3,(H,18,19). The summed E-state index contributed by atoms with van der Waals surface area (Å²) in [4.78, 5) is 13.1. The monoisotopic (exact) mass is 313 g/mol. The van der Waals surface area contributed by atoms with Crippen LogP contribution >= 0.6 is 11.3 Å². The van der Waals surface area contributed by atoms with Crippen LogP contribution in [0.25, 0.3) is 10.1 Å². The summed E-state index contributed by atoms with van der Waals surface area (Å²) in [6, 6.07) is 15.1. The molecule has 0 aliphatic heterocycles. The molecule has 0 saturated carbocycles. The molecular weight excluding hydrogens is 298 g/mol. The number of anilines is 1. The van der Waals surface area contributed by atoms with E-state index < -0.39 is 0 Å². The fourth-order valence-electron chi connectivity index (χ4n) is 2.17. The van der Waals surface area contributed by atoms with Crippen molar-refractivity contribution in [3.8, 4) is 11.5 Å². The van der Waals surface area contributed by atoms with Crippen LogP contribution < -0.4 is 14.8 Å². The molecule has 0 spiro atoms. The smallest absolute Gasteiger partial charge is 0.265 e. The maximum absolute atomic E-state index is 12.4. The molecule has 3 rings (SSSR count). The van der Waals surface area contributed by atoms with Crippen molar-refractivity contribution in [3.63, 3.8) is 0 Å². The lowest BCUT2D eigenvalue weighted by Crippen LogP contribution is -2.10. The molecule has 0 aliphatic carbocycles. The molecule has 1 N–H and O–H groups in total. The van der Waals surface area contributed by atoms with Crippen molar-refractivity contribution in [1.29, 1.82) is 0 Å². The molecule has 0 radical (unpaired) electrons. The van der Waals surface area contributed by atoms with E-state index in [1.54, 1.807) is 32.4 Å². The molecular formula is C17H15NO3S. The summed E-state index contributed by atoms with van der Waals surface area (Å²) in [5.74, 6) is 1.12. The average Bonchev–Trinajstić information content (AvgIpc) is 2.98. The van der Waals surface area contributed by atoms with E-state index >= 15 is 0 Å². The number of amides is 1. The molecule has 1 amide bonds. The quantitative estimate of drug-likeness (QED) is 0.786. The van der Waals surface area contributed by atoms with Crippen molar-refractivity contribution in [2.75, 3.05) is 19.5 Å². The maximum atomic E-state index is 12.4. The Bertz CT molecular complexity index is 770. The zero-order valence-electron chi connectivity index (χ0n) is 12.3. The predicted molar refractivity (Wildman–Crippen MR) is 89.3 cm³/mol. The summed E-state index contributed by atoms with van der Waals surface area (Å²) in [5, 5.41) is 3.95. The minimum atomic E-state index is -0.142. The number of hydrogen-bond donors (Lipinski definition) is 1. The number of fused-ring (bicyclic) bond motifs is 1. The van der Waals surface area contributed by atoms with Gasteiger partial charge in [-0.05, 0) is 17.5 Å². The van der Waals surface area contributed by atoms with Gasteiger partial charge in [0.1, 0.15) is 11.5 Å². The number of thiophene rings is 1. The molecule has 22 heavy (non-hydrogen) atoms. The van der Waals surface area contributed by atoms with Crippen LogP contribution in [0.15, 0.2) is 48.5 Å². The molecule has 4 nitrogen and oxygen atoms in total. The first kappa shape index (κ1) is 14.4. The molecule has 0 aliphatic rings. The summed E-state index contributed by atoms with van der Waals surface area (Å²) in [5.41, 5.74) is 0.638. The molecule has 3 aromatic rings. The van der Waals surface area contributed by atoms with Gasteiger partial charge in [0.05, 0.1) is 19.1 Å². The van der Waals surface area contributed by atoms with Gasteiger partial charge in [-0.15, -0.1) is 11.3 Å². The highest BCUT2D eigenvalue weighted by Crippen LogP contribution is 2.28. The maximum Gasteiger partial charge on any atom is 0.265 e. The second kappa shape index (κ2) is 6.07. The second-order valence-electron chi connectivity index (χ2n) is 4.70.